The van der Waals surface area contributed by atoms with E-state index in [-0.39, 0.29) is 0 Å². The third kappa shape index (κ3) is 5.23. The Balaban J connectivity index is 1.95. The van der Waals surface area contributed by atoms with Gasteiger partial charge in [-0.15, -0.1) is 0 Å². The molecule has 2 aromatic rings. The van der Waals surface area contributed by atoms with Crippen LogP contribution in [0, 0.1) is 5.82 Å². The molecule has 0 bridgehead atoms. The minimum absolute atomic E-state index is 0.326. The fourth-order valence-electron chi connectivity index (χ4n) is 4.47. The molecule has 1 fully saturated rings. The lowest BCUT2D eigenvalue weighted by Gasteiger charge is -2.43. The molecule has 5 heteroatoms. The number of hydrogen-bond acceptors (Lipinski definition) is 3. The highest BCUT2D eigenvalue weighted by molar-refractivity contribution is 5.40. The van der Waals surface area contributed by atoms with Gasteiger partial charge in [-0.05, 0) is 36.5 Å². The van der Waals surface area contributed by atoms with Crippen LogP contribution < -0.4 is 5.73 Å². The summed E-state index contributed by atoms with van der Waals surface area (Å²) in [6, 6.07) is 13.5. The average molecular weight is 439 g/mol. The lowest BCUT2D eigenvalue weighted by molar-refractivity contribution is -0.0336. The van der Waals surface area contributed by atoms with Crippen molar-refractivity contribution >= 4 is 0 Å². The van der Waals surface area contributed by atoms with E-state index >= 15 is 0 Å². The maximum Gasteiger partial charge on any atom is 0.128 e. The predicted octanol–water partition coefficient (Wildman–Crippen LogP) is 5.68. The summed E-state index contributed by atoms with van der Waals surface area (Å²) in [4.78, 5) is 2.02. The van der Waals surface area contributed by atoms with E-state index in [0.29, 0.717) is 43.6 Å². The van der Waals surface area contributed by atoms with Gasteiger partial charge in [0.25, 0.3) is 0 Å². The average Bonchev–Trinajstić information content (AvgIpc) is 2.80. The molecule has 170 valence electrons. The highest BCUT2D eigenvalue weighted by Gasteiger charge is 2.39. The number of nitrogens with zero attached hydrogens (tertiary/aromatic N) is 1. The predicted molar refractivity (Wildman–Crippen MR) is 126 cm³/mol. The minimum atomic E-state index is -1.02. The second-order valence-corrected chi connectivity index (χ2v) is 8.22. The number of hydrogen-bond donors (Lipinski definition) is 2. The molecule has 1 aliphatic heterocycles. The summed E-state index contributed by atoms with van der Waals surface area (Å²) in [5, 5.41) is 11.4. The molecule has 0 aliphatic carbocycles. The van der Waals surface area contributed by atoms with Gasteiger partial charge in [-0.25, -0.2) is 8.78 Å². The second kappa shape index (κ2) is 10.8. The van der Waals surface area contributed by atoms with Gasteiger partial charge in [-0.3, -0.25) is 4.90 Å². The zero-order valence-electron chi connectivity index (χ0n) is 18.6. The normalized spacial score (nSPS) is 18.1. The van der Waals surface area contributed by atoms with Gasteiger partial charge >= 0.3 is 0 Å². The molecule has 32 heavy (non-hydrogen) atoms. The van der Waals surface area contributed by atoms with Gasteiger partial charge in [-0.1, -0.05) is 74.2 Å². The lowest BCUT2D eigenvalue weighted by atomic mass is 9.80. The van der Waals surface area contributed by atoms with Crippen molar-refractivity contribution in [3.8, 4) is 0 Å². The van der Waals surface area contributed by atoms with Crippen molar-refractivity contribution in [1.29, 1.82) is 0 Å². The van der Waals surface area contributed by atoms with Crippen LogP contribution in [-0.2, 0) is 12.1 Å². The number of piperidine rings is 1. The molecule has 1 saturated heterocycles. The molecule has 0 saturated carbocycles. The molecule has 2 aromatic carbocycles. The first-order valence-corrected chi connectivity index (χ1v) is 11.1. The van der Waals surface area contributed by atoms with Gasteiger partial charge in [0.2, 0.25) is 0 Å². The molecule has 3 rings (SSSR count). The number of allylic oxidation sites excluding steroid dienone is 3. The molecule has 0 aromatic heterocycles. The fourth-order valence-corrected chi connectivity index (χ4v) is 4.47. The molecule has 1 unspecified atom stereocenters. The van der Waals surface area contributed by atoms with E-state index in [1.54, 1.807) is 30.4 Å². The zero-order chi connectivity index (χ0) is 23.1. The zero-order valence-corrected chi connectivity index (χ0v) is 18.6. The van der Waals surface area contributed by atoms with Crippen molar-refractivity contribution in [3.63, 3.8) is 0 Å². The molecule has 1 heterocycles. The number of rotatable bonds is 8. The maximum absolute atomic E-state index is 14.8. The topological polar surface area (TPSA) is 49.5 Å². The van der Waals surface area contributed by atoms with Crippen LogP contribution in [-0.4, -0.2) is 23.1 Å². The Hall–Kier alpha value is -2.60. The Labute approximate surface area is 189 Å². The summed E-state index contributed by atoms with van der Waals surface area (Å²) in [6.07, 6.45) is 7.06. The second-order valence-electron chi connectivity index (χ2n) is 8.22. The van der Waals surface area contributed by atoms with E-state index in [1.165, 1.54) is 6.07 Å². The monoisotopic (exact) mass is 438 g/mol. The van der Waals surface area contributed by atoms with Crippen LogP contribution in [0.2, 0.25) is 0 Å². The van der Waals surface area contributed by atoms with Crippen molar-refractivity contribution in [2.75, 3.05) is 13.1 Å². The van der Waals surface area contributed by atoms with Crippen molar-refractivity contribution in [2.45, 2.75) is 44.4 Å². The van der Waals surface area contributed by atoms with Crippen molar-refractivity contribution < 1.29 is 13.9 Å². The molecule has 0 spiro atoms. The Morgan fingerprint density at radius 3 is 2.47 bits per heavy atom. The summed E-state index contributed by atoms with van der Waals surface area (Å²) in [7, 11) is 0. The minimum Gasteiger partial charge on any atom is -0.385 e. The van der Waals surface area contributed by atoms with Crippen molar-refractivity contribution in [1.82, 2.24) is 4.90 Å². The first-order chi connectivity index (χ1) is 15.4. The van der Waals surface area contributed by atoms with Gasteiger partial charge < -0.3 is 10.8 Å². The third-order valence-corrected chi connectivity index (χ3v) is 6.18. The quantitative estimate of drug-likeness (QED) is 0.521. The third-order valence-electron chi connectivity index (χ3n) is 6.18. The Morgan fingerprint density at radius 2 is 1.84 bits per heavy atom. The van der Waals surface area contributed by atoms with Crippen LogP contribution >= 0.6 is 0 Å². The SMILES string of the molecule is C=C(F)/C(=C\C=C/CC)C(c1ccccc1F)N1CCC(O)(c2ccccc2CN)CC1. The van der Waals surface area contributed by atoms with Crippen LogP contribution in [0.5, 0.6) is 0 Å². The summed E-state index contributed by atoms with van der Waals surface area (Å²) < 4.78 is 29.5. The van der Waals surface area contributed by atoms with E-state index in [0.717, 1.165) is 17.5 Å². The van der Waals surface area contributed by atoms with Gasteiger partial charge in [0.1, 0.15) is 11.6 Å². The van der Waals surface area contributed by atoms with E-state index in [9.17, 15) is 13.9 Å². The van der Waals surface area contributed by atoms with E-state index in [1.807, 2.05) is 42.2 Å². The molecular weight excluding hydrogens is 406 g/mol. The Morgan fingerprint density at radius 1 is 1.19 bits per heavy atom. The largest absolute Gasteiger partial charge is 0.385 e. The van der Waals surface area contributed by atoms with Crippen LogP contribution in [0.25, 0.3) is 0 Å². The number of halogens is 2. The van der Waals surface area contributed by atoms with Gasteiger partial charge in [0.15, 0.2) is 0 Å². The molecule has 1 atom stereocenters. The fraction of sp³-hybridized carbons (Fsp3) is 0.333. The highest BCUT2D eigenvalue weighted by Crippen LogP contribution is 2.41. The molecule has 3 nitrogen and oxygen atoms in total. The summed E-state index contributed by atoms with van der Waals surface area (Å²) in [5.41, 5.74) is 7.34. The molecule has 3 N–H and O–H groups in total. The lowest BCUT2D eigenvalue weighted by Crippen LogP contribution is -2.45. The number of benzene rings is 2. The number of likely N-dealkylation sites (tertiary alicyclic amines) is 1. The Bertz CT molecular complexity index is 991. The summed E-state index contributed by atoms with van der Waals surface area (Å²) in [6.45, 7) is 6.80. The summed E-state index contributed by atoms with van der Waals surface area (Å²) in [5.74, 6) is -0.980. The van der Waals surface area contributed by atoms with Gasteiger partial charge in [-0.2, -0.15) is 0 Å². The number of aliphatic hydroxyl groups is 1. The smallest absolute Gasteiger partial charge is 0.128 e. The highest BCUT2D eigenvalue weighted by atomic mass is 19.1. The van der Waals surface area contributed by atoms with Crippen LogP contribution in [0.3, 0.4) is 0 Å². The molecule has 0 radical (unpaired) electrons. The molecule has 0 amide bonds. The summed E-state index contributed by atoms with van der Waals surface area (Å²) >= 11 is 0. The number of nitrogens with two attached hydrogens (primary N) is 1. The standard InChI is InChI=1S/C27H32F2N2O/c1-3-4-5-11-22(20(2)28)26(23-12-7-9-14-25(23)29)31-17-15-27(32,16-18-31)24-13-8-6-10-21(24)19-30/h4-14,26,32H,2-3,15-19,30H2,1H3/b5-4-,22-11+. The molecule has 1 aliphatic rings. The first-order valence-electron chi connectivity index (χ1n) is 11.1. The van der Waals surface area contributed by atoms with E-state index < -0.39 is 23.3 Å². The van der Waals surface area contributed by atoms with Gasteiger partial charge in [0.05, 0.1) is 11.6 Å². The first kappa shape index (κ1) is 24.1. The maximum atomic E-state index is 14.8. The van der Waals surface area contributed by atoms with E-state index in [2.05, 4.69) is 6.58 Å². The van der Waals surface area contributed by atoms with E-state index in [4.69, 9.17) is 5.73 Å². The van der Waals surface area contributed by atoms with Crippen LogP contribution in [0.15, 0.2) is 84.7 Å². The van der Waals surface area contributed by atoms with Crippen LogP contribution in [0.4, 0.5) is 8.78 Å². The van der Waals surface area contributed by atoms with Crippen molar-refractivity contribution in [3.05, 3.63) is 107 Å². The van der Waals surface area contributed by atoms with Crippen LogP contribution in [0.1, 0.15) is 48.9 Å². The van der Waals surface area contributed by atoms with Crippen molar-refractivity contribution in [2.24, 2.45) is 5.73 Å². The Kier molecular flexibility index (Phi) is 8.13. The molecular formula is C27H32F2N2O. The van der Waals surface area contributed by atoms with Gasteiger partial charge in [0, 0.05) is 30.8 Å².